The van der Waals surface area contributed by atoms with Crippen LogP contribution in [0.2, 0.25) is 0 Å². The van der Waals surface area contributed by atoms with Gasteiger partial charge in [-0.3, -0.25) is 18.9 Å². The summed E-state index contributed by atoms with van der Waals surface area (Å²) in [6.07, 6.45) is -51.2. The lowest BCUT2D eigenvalue weighted by atomic mass is 9.93. The topological polar surface area (TPSA) is 556 Å². The van der Waals surface area contributed by atoms with Crippen molar-refractivity contribution in [3.05, 3.63) is 0 Å². The van der Waals surface area contributed by atoms with Gasteiger partial charge in [0.05, 0.1) is 39.1 Å². The van der Waals surface area contributed by atoms with Crippen LogP contribution in [0, 0.1) is 0 Å². The van der Waals surface area contributed by atoms with Crippen LogP contribution in [0.3, 0.4) is 0 Å². The Morgan fingerprint density at radius 3 is 1.39 bits per heavy atom. The van der Waals surface area contributed by atoms with Crippen molar-refractivity contribution in [2.24, 2.45) is 0 Å². The second-order valence-corrected chi connectivity index (χ2v) is 20.6. The van der Waals surface area contributed by atoms with E-state index in [0.29, 0.717) is 0 Å². The minimum absolute atomic E-state index is 0.838. The van der Waals surface area contributed by atoms with Gasteiger partial charge in [0, 0.05) is 20.8 Å². The number of carbonyl (C=O) groups excluding carboxylic acids is 3. The zero-order chi connectivity index (χ0) is 58.7. The summed E-state index contributed by atoms with van der Waals surface area (Å²) in [6, 6.07) is -5.39. The number of ether oxygens (including phenoxy) is 11. The molecule has 0 radical (unpaired) electrons. The predicted molar refractivity (Wildman–Crippen MR) is 243 cm³/mol. The van der Waals surface area contributed by atoms with Crippen LogP contribution in [-0.4, -0.2) is 324 Å². The molecule has 0 aromatic rings. The standard InChI is InChI=1S/C42H71N3O33S/c1-10-22(52)28(58)31(61)40(69-10)78-36-30(60)24(54)15(6-47)72-42(36)76-33-16(7-48)73-38(19(26(33)56)43-11(2)49)67-8-17-25(55)35(21(37(63)70-17)45-13(4)51)77-39-20(44-12(3)50)27(57)34(18(74-39)9-68-79(64,65)66)75-41-32(62)29(59)23(53)14(5-46)71-41/h10,14-42,46-48,52-63H,5-9H2,1-4H3,(H,43,49)(H,44,50)(H,45,51)(H,64,65,66)/t10-,14+,15+,16+,17+,18+,19+,20+,21+,22+,23-,24-,25-,26+,27+,28+,29-,30-,31-,32+,33+,34+,35+,36+,37-,38+,39-,40-,41-,42-/m0/s1. The highest BCUT2D eigenvalue weighted by atomic mass is 32.3. The van der Waals surface area contributed by atoms with Crippen molar-refractivity contribution in [1.82, 2.24) is 16.0 Å². The van der Waals surface area contributed by atoms with E-state index < -0.39 is 245 Å². The van der Waals surface area contributed by atoms with Gasteiger partial charge in [-0.1, -0.05) is 0 Å². The molecular weight excluding hydrogens is 1110 g/mol. The van der Waals surface area contributed by atoms with Gasteiger partial charge < -0.3 is 145 Å². The molecule has 6 aliphatic rings. The summed E-state index contributed by atoms with van der Waals surface area (Å²) in [5, 5.41) is 169. The van der Waals surface area contributed by atoms with Crippen LogP contribution in [0.1, 0.15) is 27.7 Å². The van der Waals surface area contributed by atoms with E-state index in [1.165, 1.54) is 6.92 Å². The van der Waals surface area contributed by atoms with Crippen LogP contribution in [0.25, 0.3) is 0 Å². The van der Waals surface area contributed by atoms with Crippen molar-refractivity contribution in [3.8, 4) is 0 Å². The molecule has 0 saturated carbocycles. The van der Waals surface area contributed by atoms with Gasteiger partial charge in [-0.15, -0.1) is 0 Å². The van der Waals surface area contributed by atoms with Crippen molar-refractivity contribution in [2.75, 3.05) is 33.0 Å². The molecule has 0 bridgehead atoms. The van der Waals surface area contributed by atoms with Gasteiger partial charge in [0.15, 0.2) is 37.7 Å². The number of nitrogens with one attached hydrogen (secondary N) is 3. The first-order valence-electron chi connectivity index (χ1n) is 24.6. The van der Waals surface area contributed by atoms with E-state index in [4.69, 9.17) is 52.1 Å². The van der Waals surface area contributed by atoms with Crippen molar-refractivity contribution in [2.45, 2.75) is 212 Å². The van der Waals surface area contributed by atoms with Gasteiger partial charge >= 0.3 is 10.4 Å². The second kappa shape index (κ2) is 27.8. The molecule has 0 spiro atoms. The summed E-state index contributed by atoms with van der Waals surface area (Å²) in [5.41, 5.74) is 0. The maximum absolute atomic E-state index is 12.6. The Morgan fingerprint density at radius 1 is 0.418 bits per heavy atom. The molecule has 6 rings (SSSR count). The molecule has 6 fully saturated rings. The van der Waals surface area contributed by atoms with E-state index in [-0.39, 0.29) is 0 Å². The number of amides is 3. The number of carbonyl (C=O) groups is 3. The van der Waals surface area contributed by atoms with E-state index in [1.807, 2.05) is 0 Å². The largest absolute Gasteiger partial charge is 0.397 e. The Labute approximate surface area is 448 Å². The maximum Gasteiger partial charge on any atom is 0.397 e. The second-order valence-electron chi connectivity index (χ2n) is 19.5. The van der Waals surface area contributed by atoms with Gasteiger partial charge in [0.2, 0.25) is 17.7 Å². The van der Waals surface area contributed by atoms with E-state index in [1.54, 1.807) is 0 Å². The monoisotopic (exact) mass is 1180 g/mol. The van der Waals surface area contributed by atoms with Crippen LogP contribution in [-0.2, 0) is 81.1 Å². The quantitative estimate of drug-likeness (QED) is 0.0503. The summed E-state index contributed by atoms with van der Waals surface area (Å²) >= 11 is 0. The summed E-state index contributed by atoms with van der Waals surface area (Å²) in [4.78, 5) is 37.7. The van der Waals surface area contributed by atoms with E-state index >= 15 is 0 Å². The molecule has 458 valence electrons. The van der Waals surface area contributed by atoms with Crippen molar-refractivity contribution >= 4 is 28.1 Å². The Hall–Kier alpha value is -2.76. The fourth-order valence-electron chi connectivity index (χ4n) is 9.69. The van der Waals surface area contributed by atoms with Crippen molar-refractivity contribution < 1.29 is 160 Å². The lowest BCUT2D eigenvalue weighted by Gasteiger charge is -2.50. The molecule has 0 aromatic heterocycles. The summed E-state index contributed by atoms with van der Waals surface area (Å²) in [5.74, 6) is -2.61. The van der Waals surface area contributed by atoms with Gasteiger partial charge in [0.25, 0.3) is 0 Å². The third-order valence-electron chi connectivity index (χ3n) is 13.8. The SMILES string of the molecule is CC(=O)N[C@@H]1[C@@H](O[C@@H]2O[C@H](COS(=O)(=O)O)[C@@H](O[C@@H]3O[C@H](CO)[C@H](O)[C@H](O)[C@H]3O)[C@H](O)[C@H]2NC(C)=O)[C@@H](O)[C@@H](CO[C@@H]2O[C@H](CO)[C@@H](O[C@@H]3O[C@H](CO)[C@H](O)[C@H](O)[C@H]3O[C@@H]3O[C@@H](C)[C@@H](O)[C@@H](O)[C@@H]3O)[C@H](O)[C@H]2NC(C)=O)O[C@@H]1O. The van der Waals surface area contributed by atoms with Gasteiger partial charge in [-0.05, 0) is 6.92 Å². The Kier molecular flexibility index (Phi) is 23.0. The molecule has 6 aliphatic heterocycles. The molecule has 19 N–H and O–H groups in total. The fraction of sp³-hybridized carbons (Fsp3) is 0.929. The number of aliphatic hydroxyl groups excluding tert-OH is 15. The van der Waals surface area contributed by atoms with Gasteiger partial charge in [-0.25, -0.2) is 4.18 Å². The molecule has 6 saturated heterocycles. The molecule has 30 atom stereocenters. The number of aliphatic hydroxyl groups is 15. The first-order valence-corrected chi connectivity index (χ1v) is 26.0. The molecule has 0 aromatic carbocycles. The number of rotatable bonds is 20. The highest BCUT2D eigenvalue weighted by Gasteiger charge is 2.57. The lowest BCUT2D eigenvalue weighted by molar-refractivity contribution is -0.383. The summed E-state index contributed by atoms with van der Waals surface area (Å²) in [7, 11) is -5.32. The average Bonchev–Trinajstić information content (AvgIpc) is 3.41. The van der Waals surface area contributed by atoms with Crippen molar-refractivity contribution in [1.29, 1.82) is 0 Å². The summed E-state index contributed by atoms with van der Waals surface area (Å²) < 4.78 is 101. The minimum atomic E-state index is -5.32. The smallest absolute Gasteiger partial charge is 0.394 e. The molecular formula is C42H71N3O33S. The van der Waals surface area contributed by atoms with Crippen LogP contribution in [0.5, 0.6) is 0 Å². The van der Waals surface area contributed by atoms with Gasteiger partial charge in [0.1, 0.15) is 140 Å². The van der Waals surface area contributed by atoms with E-state index in [0.717, 1.165) is 20.8 Å². The highest BCUT2D eigenvalue weighted by Crippen LogP contribution is 2.36. The molecule has 0 aliphatic carbocycles. The maximum atomic E-state index is 12.6. The fourth-order valence-corrected chi connectivity index (χ4v) is 10.00. The highest BCUT2D eigenvalue weighted by molar-refractivity contribution is 7.80. The first kappa shape index (κ1) is 65.4. The average molecular weight is 1180 g/mol. The lowest BCUT2D eigenvalue weighted by Crippen LogP contribution is -2.71. The van der Waals surface area contributed by atoms with Crippen LogP contribution in [0.15, 0.2) is 0 Å². The van der Waals surface area contributed by atoms with E-state index in [9.17, 15) is 104 Å². The predicted octanol–water partition coefficient (Wildman–Crippen LogP) is -12.8. The molecule has 0 unspecified atom stereocenters. The molecule has 79 heavy (non-hydrogen) atoms. The van der Waals surface area contributed by atoms with Crippen molar-refractivity contribution in [3.63, 3.8) is 0 Å². The van der Waals surface area contributed by atoms with Gasteiger partial charge in [-0.2, -0.15) is 8.42 Å². The first-order chi connectivity index (χ1) is 37.0. The molecule has 36 nitrogen and oxygen atoms in total. The normalized spacial score (nSPS) is 47.0. The Balaban J connectivity index is 1.24. The third kappa shape index (κ3) is 15.3. The Morgan fingerprint density at radius 2 is 0.848 bits per heavy atom. The summed E-state index contributed by atoms with van der Waals surface area (Å²) in [6.45, 7) is -0.823. The molecule has 6 heterocycles. The third-order valence-corrected chi connectivity index (χ3v) is 14.2. The molecule has 37 heteroatoms. The zero-order valence-corrected chi connectivity index (χ0v) is 43.2. The molecule has 3 amide bonds. The van der Waals surface area contributed by atoms with Crippen LogP contribution in [0.4, 0.5) is 0 Å². The number of hydrogen-bond donors (Lipinski definition) is 19. The zero-order valence-electron chi connectivity index (χ0n) is 42.4. The number of hydrogen-bond acceptors (Lipinski definition) is 32. The minimum Gasteiger partial charge on any atom is -0.394 e. The Bertz CT molecular complexity index is 2110. The van der Waals surface area contributed by atoms with Crippen LogP contribution < -0.4 is 16.0 Å². The van der Waals surface area contributed by atoms with E-state index in [2.05, 4.69) is 20.1 Å². The van der Waals surface area contributed by atoms with Crippen LogP contribution >= 0.6 is 0 Å².